The van der Waals surface area contributed by atoms with Gasteiger partial charge in [0.2, 0.25) is 12.2 Å². The van der Waals surface area contributed by atoms with Crippen LogP contribution in [-0.2, 0) is 19.1 Å². The average Bonchev–Trinajstić information content (AvgIpc) is 2.71. The molecule has 1 saturated heterocycles. The molecule has 0 radical (unpaired) electrons. The number of benzene rings is 1. The highest BCUT2D eigenvalue weighted by Crippen LogP contribution is 2.23. The molecule has 1 aliphatic rings. The molecule has 0 unspecified atom stereocenters. The van der Waals surface area contributed by atoms with E-state index in [1.54, 1.807) is 19.1 Å². The first-order chi connectivity index (χ1) is 10.2. The Morgan fingerprint density at radius 2 is 1.86 bits per heavy atom. The monoisotopic (exact) mass is 288 g/mol. The molecule has 110 valence electrons. The van der Waals surface area contributed by atoms with Crippen LogP contribution in [0.1, 0.15) is 31.2 Å². The van der Waals surface area contributed by atoms with Gasteiger partial charge in [-0.15, -0.1) is 0 Å². The van der Waals surface area contributed by atoms with Gasteiger partial charge in [-0.05, 0) is 43.9 Å². The summed E-state index contributed by atoms with van der Waals surface area (Å²) >= 11 is 0. The lowest BCUT2D eigenvalue weighted by Gasteiger charge is -1.97. The largest absolute Gasteiger partial charge is 0.466 e. The molecule has 6 heteroatoms. The molecule has 1 aliphatic heterocycles. The number of aryl methyl sites for hydroxylation is 1. The van der Waals surface area contributed by atoms with Gasteiger partial charge in [-0.1, -0.05) is 6.07 Å². The topological polar surface area (TPSA) is 85.2 Å². The zero-order valence-electron chi connectivity index (χ0n) is 11.8. The number of nitrogens with zero attached hydrogens (tertiary/aromatic N) is 2. The van der Waals surface area contributed by atoms with Gasteiger partial charge >= 0.3 is 5.97 Å². The molecular formula is C15H16N2O4. The minimum atomic E-state index is -0.0255. The SMILES string of the molecule is Cc1ccc(N=C=O)cc1N=C=O.O=C1CCCCCO1. The fraction of sp³-hybridized carbons (Fsp3) is 0.400. The molecule has 0 bridgehead atoms. The Morgan fingerprint density at radius 1 is 1.10 bits per heavy atom. The number of isocyanates is 2. The average molecular weight is 288 g/mol. The van der Waals surface area contributed by atoms with Gasteiger partial charge in [0.05, 0.1) is 18.0 Å². The molecule has 0 aliphatic carbocycles. The van der Waals surface area contributed by atoms with Gasteiger partial charge in [0, 0.05) is 6.42 Å². The minimum Gasteiger partial charge on any atom is -0.466 e. The normalized spacial score (nSPS) is 13.5. The Balaban J connectivity index is 0.000000235. The van der Waals surface area contributed by atoms with Crippen LogP contribution in [0.5, 0.6) is 0 Å². The van der Waals surface area contributed by atoms with Crippen molar-refractivity contribution < 1.29 is 19.1 Å². The Labute approximate surface area is 122 Å². The second-order valence-corrected chi connectivity index (χ2v) is 4.41. The van der Waals surface area contributed by atoms with Crippen LogP contribution in [0.4, 0.5) is 11.4 Å². The van der Waals surface area contributed by atoms with Crippen LogP contribution in [0, 0.1) is 6.92 Å². The summed E-state index contributed by atoms with van der Waals surface area (Å²) in [5, 5.41) is 0. The molecule has 1 heterocycles. The fourth-order valence-electron chi connectivity index (χ4n) is 1.70. The van der Waals surface area contributed by atoms with Crippen LogP contribution in [0.15, 0.2) is 28.2 Å². The number of carbonyl (C=O) groups excluding carboxylic acids is 3. The number of carbonyl (C=O) groups is 1. The Kier molecular flexibility index (Phi) is 7.36. The highest BCUT2D eigenvalue weighted by Gasteiger charge is 2.05. The summed E-state index contributed by atoms with van der Waals surface area (Å²) in [6.45, 7) is 2.43. The molecule has 21 heavy (non-hydrogen) atoms. The van der Waals surface area contributed by atoms with E-state index >= 15 is 0 Å². The van der Waals surface area contributed by atoms with Crippen LogP contribution in [-0.4, -0.2) is 24.7 Å². The van der Waals surface area contributed by atoms with E-state index in [0.29, 0.717) is 24.4 Å². The lowest BCUT2D eigenvalue weighted by Crippen LogP contribution is -2.00. The van der Waals surface area contributed by atoms with Gasteiger partial charge in [-0.25, -0.2) is 9.59 Å². The molecule has 1 aromatic carbocycles. The number of esters is 1. The predicted molar refractivity (Wildman–Crippen MR) is 76.2 cm³/mol. The third-order valence-electron chi connectivity index (χ3n) is 2.82. The fourth-order valence-corrected chi connectivity index (χ4v) is 1.70. The van der Waals surface area contributed by atoms with Crippen LogP contribution >= 0.6 is 0 Å². The first-order valence-corrected chi connectivity index (χ1v) is 6.59. The summed E-state index contributed by atoms with van der Waals surface area (Å²) in [5.74, 6) is -0.0255. The van der Waals surface area contributed by atoms with Crippen molar-refractivity contribution in [1.82, 2.24) is 0 Å². The highest BCUT2D eigenvalue weighted by atomic mass is 16.5. The van der Waals surface area contributed by atoms with Crippen molar-refractivity contribution in [2.75, 3.05) is 6.61 Å². The Hall–Kier alpha value is -2.55. The van der Waals surface area contributed by atoms with Crippen LogP contribution in [0.3, 0.4) is 0 Å². The number of cyclic esters (lactones) is 1. The highest BCUT2D eigenvalue weighted by molar-refractivity contribution is 5.69. The molecule has 0 aromatic heterocycles. The van der Waals surface area contributed by atoms with E-state index in [1.807, 2.05) is 0 Å². The summed E-state index contributed by atoms with van der Waals surface area (Å²) in [7, 11) is 0. The van der Waals surface area contributed by atoms with E-state index in [4.69, 9.17) is 4.74 Å². The molecule has 2 rings (SSSR count). The maximum absolute atomic E-state index is 10.5. The summed E-state index contributed by atoms with van der Waals surface area (Å²) in [6, 6.07) is 4.88. The molecule has 1 aromatic rings. The van der Waals surface area contributed by atoms with Crippen molar-refractivity contribution in [3.63, 3.8) is 0 Å². The minimum absolute atomic E-state index is 0.0255. The van der Waals surface area contributed by atoms with E-state index in [1.165, 1.54) is 18.2 Å². The number of rotatable bonds is 2. The van der Waals surface area contributed by atoms with Crippen molar-refractivity contribution in [3.05, 3.63) is 23.8 Å². The van der Waals surface area contributed by atoms with Crippen molar-refractivity contribution in [2.24, 2.45) is 9.98 Å². The summed E-state index contributed by atoms with van der Waals surface area (Å²) in [5.41, 5.74) is 1.72. The summed E-state index contributed by atoms with van der Waals surface area (Å²) in [6.07, 6.45) is 6.67. The van der Waals surface area contributed by atoms with E-state index in [2.05, 4.69) is 9.98 Å². The van der Waals surface area contributed by atoms with Gasteiger partial charge in [0.15, 0.2) is 0 Å². The number of aliphatic imine (C=N–C) groups is 2. The standard InChI is InChI=1S/C9H6N2O2.C6H10O2/c1-7-2-3-8(10-5-12)4-9(7)11-6-13;7-6-4-2-1-3-5-8-6/h2-4H,1H3;1-5H2. The smallest absolute Gasteiger partial charge is 0.305 e. The maximum atomic E-state index is 10.5. The van der Waals surface area contributed by atoms with Gasteiger partial charge in [0.25, 0.3) is 0 Å². The third kappa shape index (κ3) is 6.43. The molecule has 0 spiro atoms. The molecule has 6 nitrogen and oxygen atoms in total. The molecular weight excluding hydrogens is 272 g/mol. The summed E-state index contributed by atoms with van der Waals surface area (Å²) in [4.78, 5) is 37.2. The molecule has 0 atom stereocenters. The zero-order valence-corrected chi connectivity index (χ0v) is 11.8. The quantitative estimate of drug-likeness (QED) is 0.475. The van der Waals surface area contributed by atoms with E-state index in [9.17, 15) is 14.4 Å². The lowest BCUT2D eigenvalue weighted by atomic mass is 10.2. The number of hydrogen-bond donors (Lipinski definition) is 0. The van der Waals surface area contributed by atoms with Gasteiger partial charge in [-0.2, -0.15) is 9.98 Å². The molecule has 0 saturated carbocycles. The van der Waals surface area contributed by atoms with Crippen LogP contribution < -0.4 is 0 Å². The maximum Gasteiger partial charge on any atom is 0.305 e. The number of ether oxygens (including phenoxy) is 1. The van der Waals surface area contributed by atoms with Crippen LogP contribution in [0.2, 0.25) is 0 Å². The van der Waals surface area contributed by atoms with Crippen molar-refractivity contribution >= 4 is 29.5 Å². The van der Waals surface area contributed by atoms with Crippen molar-refractivity contribution in [1.29, 1.82) is 0 Å². The van der Waals surface area contributed by atoms with E-state index in [-0.39, 0.29) is 5.97 Å². The van der Waals surface area contributed by atoms with E-state index in [0.717, 1.165) is 24.8 Å². The molecule has 0 amide bonds. The van der Waals surface area contributed by atoms with Gasteiger partial charge < -0.3 is 4.74 Å². The van der Waals surface area contributed by atoms with Crippen molar-refractivity contribution in [3.8, 4) is 0 Å². The van der Waals surface area contributed by atoms with Gasteiger partial charge in [0.1, 0.15) is 0 Å². The van der Waals surface area contributed by atoms with Gasteiger partial charge in [-0.3, -0.25) is 4.79 Å². The molecule has 1 fully saturated rings. The first-order valence-electron chi connectivity index (χ1n) is 6.59. The Bertz CT molecular complexity index is 575. The number of hydrogen-bond acceptors (Lipinski definition) is 6. The zero-order chi connectivity index (χ0) is 15.5. The summed E-state index contributed by atoms with van der Waals surface area (Å²) < 4.78 is 4.76. The predicted octanol–water partition coefficient (Wildman–Crippen LogP) is 3.03. The Morgan fingerprint density at radius 3 is 2.57 bits per heavy atom. The second-order valence-electron chi connectivity index (χ2n) is 4.41. The second kappa shape index (κ2) is 9.37. The van der Waals surface area contributed by atoms with Crippen LogP contribution in [0.25, 0.3) is 0 Å². The van der Waals surface area contributed by atoms with Crippen molar-refractivity contribution in [2.45, 2.75) is 32.6 Å². The lowest BCUT2D eigenvalue weighted by molar-refractivity contribution is -0.142. The molecule has 0 N–H and O–H groups in total. The first kappa shape index (κ1) is 16.5. The van der Waals surface area contributed by atoms with E-state index < -0.39 is 0 Å². The third-order valence-corrected chi connectivity index (χ3v) is 2.82.